The van der Waals surface area contributed by atoms with Gasteiger partial charge in [0.05, 0.1) is 6.61 Å². The van der Waals surface area contributed by atoms with Crippen molar-refractivity contribution < 1.29 is 13.5 Å². The number of hydrogen-bond acceptors (Lipinski definition) is 2. The third kappa shape index (κ3) is 7.56. The van der Waals surface area contributed by atoms with E-state index < -0.39 is 13.0 Å². The Labute approximate surface area is 120 Å². The average molecular weight is 285 g/mol. The first-order valence-corrected chi connectivity index (χ1v) is 7.03. The van der Waals surface area contributed by atoms with Gasteiger partial charge in [-0.1, -0.05) is 51.1 Å². The minimum Gasteiger partial charge on any atom is -0.374 e. The Kier molecular flexibility index (Phi) is 7.10. The summed E-state index contributed by atoms with van der Waals surface area (Å²) in [7, 11) is 0. The largest absolute Gasteiger partial charge is 0.374 e. The fourth-order valence-electron chi connectivity index (χ4n) is 2.08. The van der Waals surface area contributed by atoms with Gasteiger partial charge in [-0.15, -0.1) is 0 Å². The van der Waals surface area contributed by atoms with Crippen LogP contribution in [0.25, 0.3) is 0 Å². The second-order valence-electron chi connectivity index (χ2n) is 6.15. The van der Waals surface area contributed by atoms with E-state index in [2.05, 4.69) is 38.2 Å². The lowest BCUT2D eigenvalue weighted by atomic mass is 9.85. The van der Waals surface area contributed by atoms with Gasteiger partial charge >= 0.3 is 0 Å². The molecule has 1 atom stereocenters. The van der Waals surface area contributed by atoms with E-state index in [0.29, 0.717) is 13.2 Å². The summed E-state index contributed by atoms with van der Waals surface area (Å²) in [6, 6.07) is 10.4. The molecule has 1 aromatic carbocycles. The second kappa shape index (κ2) is 8.32. The van der Waals surface area contributed by atoms with Crippen LogP contribution in [0, 0.1) is 5.41 Å². The van der Waals surface area contributed by atoms with Gasteiger partial charge in [-0.3, -0.25) is 0 Å². The SMILES string of the molecule is CC(C)(C)CC(NCCOCC(F)F)c1ccccc1. The van der Waals surface area contributed by atoms with Gasteiger partial charge in [-0.25, -0.2) is 8.78 Å². The smallest absolute Gasteiger partial charge is 0.261 e. The standard InChI is InChI=1S/C16H25F2NO/c1-16(2,3)11-14(13-7-5-4-6-8-13)19-9-10-20-12-15(17)18/h4-8,14-15,19H,9-12H2,1-3H3. The minimum atomic E-state index is -2.39. The number of halogens is 2. The van der Waals surface area contributed by atoms with Crippen molar-refractivity contribution in [3.63, 3.8) is 0 Å². The summed E-state index contributed by atoms with van der Waals surface area (Å²) in [5.41, 5.74) is 1.41. The molecule has 1 unspecified atom stereocenters. The molecule has 0 fully saturated rings. The maximum Gasteiger partial charge on any atom is 0.261 e. The highest BCUT2D eigenvalue weighted by atomic mass is 19.3. The Morgan fingerprint density at radius 2 is 1.80 bits per heavy atom. The number of rotatable bonds is 8. The third-order valence-electron chi connectivity index (χ3n) is 2.90. The van der Waals surface area contributed by atoms with Crippen LogP contribution in [0.2, 0.25) is 0 Å². The first-order valence-electron chi connectivity index (χ1n) is 7.03. The first kappa shape index (κ1) is 17.1. The summed E-state index contributed by atoms with van der Waals surface area (Å²) in [6.07, 6.45) is -1.42. The summed E-state index contributed by atoms with van der Waals surface area (Å²) in [5, 5.41) is 3.40. The molecule has 0 aliphatic heterocycles. The van der Waals surface area contributed by atoms with Gasteiger partial charge in [0.15, 0.2) is 0 Å². The number of benzene rings is 1. The molecule has 4 heteroatoms. The molecule has 1 rings (SSSR count). The molecular weight excluding hydrogens is 260 g/mol. The van der Waals surface area contributed by atoms with Crippen LogP contribution >= 0.6 is 0 Å². The lowest BCUT2D eigenvalue weighted by Crippen LogP contribution is -2.29. The van der Waals surface area contributed by atoms with Crippen LogP contribution in [0.1, 0.15) is 38.8 Å². The molecule has 0 radical (unpaired) electrons. The molecule has 0 saturated heterocycles. The van der Waals surface area contributed by atoms with Crippen molar-refractivity contribution in [1.29, 1.82) is 0 Å². The molecule has 2 nitrogen and oxygen atoms in total. The Hall–Kier alpha value is -1.00. The first-order chi connectivity index (χ1) is 9.38. The molecule has 0 amide bonds. The van der Waals surface area contributed by atoms with E-state index in [1.807, 2.05) is 18.2 Å². The highest BCUT2D eigenvalue weighted by Crippen LogP contribution is 2.29. The predicted molar refractivity (Wildman–Crippen MR) is 78.1 cm³/mol. The topological polar surface area (TPSA) is 21.3 Å². The Bertz CT molecular complexity index is 362. The van der Waals surface area contributed by atoms with E-state index in [-0.39, 0.29) is 11.5 Å². The van der Waals surface area contributed by atoms with Crippen molar-refractivity contribution in [2.45, 2.75) is 39.7 Å². The van der Waals surface area contributed by atoms with Crippen molar-refractivity contribution in [3.8, 4) is 0 Å². The summed E-state index contributed by atoms with van der Waals surface area (Å²) in [4.78, 5) is 0. The van der Waals surface area contributed by atoms with Crippen LogP contribution in [-0.4, -0.2) is 26.2 Å². The van der Waals surface area contributed by atoms with E-state index in [0.717, 1.165) is 6.42 Å². The van der Waals surface area contributed by atoms with Gasteiger partial charge in [0.25, 0.3) is 6.43 Å². The fraction of sp³-hybridized carbons (Fsp3) is 0.625. The summed E-state index contributed by atoms with van der Waals surface area (Å²) in [5.74, 6) is 0. The molecule has 1 N–H and O–H groups in total. The zero-order valence-electron chi connectivity index (χ0n) is 12.5. The van der Waals surface area contributed by atoms with E-state index in [9.17, 15) is 8.78 Å². The lowest BCUT2D eigenvalue weighted by Gasteiger charge is -2.27. The molecule has 0 bridgehead atoms. The van der Waals surface area contributed by atoms with Gasteiger partial charge in [-0.2, -0.15) is 0 Å². The summed E-state index contributed by atoms with van der Waals surface area (Å²) in [6.45, 7) is 6.96. The summed E-state index contributed by atoms with van der Waals surface area (Å²) < 4.78 is 28.8. The van der Waals surface area contributed by atoms with Gasteiger partial charge < -0.3 is 10.1 Å². The molecular formula is C16H25F2NO. The maximum atomic E-state index is 12.0. The van der Waals surface area contributed by atoms with Crippen LogP contribution in [0.3, 0.4) is 0 Å². The zero-order valence-corrected chi connectivity index (χ0v) is 12.5. The number of alkyl halides is 2. The molecule has 1 aromatic rings. The van der Waals surface area contributed by atoms with Crippen LogP contribution in [0.4, 0.5) is 8.78 Å². The van der Waals surface area contributed by atoms with Gasteiger partial charge in [0.2, 0.25) is 0 Å². The maximum absolute atomic E-state index is 12.0. The van der Waals surface area contributed by atoms with Crippen LogP contribution < -0.4 is 5.32 Å². The predicted octanol–water partition coefficient (Wildman–Crippen LogP) is 4.04. The highest BCUT2D eigenvalue weighted by molar-refractivity contribution is 5.19. The highest BCUT2D eigenvalue weighted by Gasteiger charge is 2.19. The monoisotopic (exact) mass is 285 g/mol. The number of hydrogen-bond donors (Lipinski definition) is 1. The van der Waals surface area contributed by atoms with Crippen LogP contribution in [-0.2, 0) is 4.74 Å². The third-order valence-corrected chi connectivity index (χ3v) is 2.90. The molecule has 0 aromatic heterocycles. The van der Waals surface area contributed by atoms with E-state index in [1.165, 1.54) is 5.56 Å². The van der Waals surface area contributed by atoms with Crippen molar-refractivity contribution in [1.82, 2.24) is 5.32 Å². The molecule has 114 valence electrons. The minimum absolute atomic E-state index is 0.192. The normalized spacial score (nSPS) is 13.7. The van der Waals surface area contributed by atoms with Gasteiger partial charge in [-0.05, 0) is 17.4 Å². The van der Waals surface area contributed by atoms with E-state index >= 15 is 0 Å². The van der Waals surface area contributed by atoms with Crippen molar-refractivity contribution in [2.75, 3.05) is 19.8 Å². The molecule has 20 heavy (non-hydrogen) atoms. The average Bonchev–Trinajstić information content (AvgIpc) is 2.36. The molecule has 0 saturated carbocycles. The number of ether oxygens (including phenoxy) is 1. The Balaban J connectivity index is 2.47. The molecule has 0 aliphatic rings. The summed E-state index contributed by atoms with van der Waals surface area (Å²) >= 11 is 0. The number of nitrogens with one attached hydrogen (secondary N) is 1. The van der Waals surface area contributed by atoms with E-state index in [4.69, 9.17) is 4.74 Å². The molecule has 0 aliphatic carbocycles. The Morgan fingerprint density at radius 1 is 1.15 bits per heavy atom. The van der Waals surface area contributed by atoms with Gasteiger partial charge in [0, 0.05) is 12.6 Å². The van der Waals surface area contributed by atoms with Crippen molar-refractivity contribution >= 4 is 0 Å². The van der Waals surface area contributed by atoms with E-state index in [1.54, 1.807) is 0 Å². The second-order valence-corrected chi connectivity index (χ2v) is 6.15. The van der Waals surface area contributed by atoms with Crippen LogP contribution in [0.15, 0.2) is 30.3 Å². The van der Waals surface area contributed by atoms with Crippen molar-refractivity contribution in [3.05, 3.63) is 35.9 Å². The van der Waals surface area contributed by atoms with Crippen LogP contribution in [0.5, 0.6) is 0 Å². The molecule has 0 heterocycles. The molecule has 0 spiro atoms. The lowest BCUT2D eigenvalue weighted by molar-refractivity contribution is 0.0179. The fourth-order valence-corrected chi connectivity index (χ4v) is 2.08. The zero-order chi connectivity index (χ0) is 15.0. The Morgan fingerprint density at radius 3 is 2.35 bits per heavy atom. The van der Waals surface area contributed by atoms with Gasteiger partial charge in [0.1, 0.15) is 6.61 Å². The van der Waals surface area contributed by atoms with Crippen molar-refractivity contribution in [2.24, 2.45) is 5.41 Å². The quantitative estimate of drug-likeness (QED) is 0.728.